The molecule has 2 N–H and O–H groups in total. The summed E-state index contributed by atoms with van der Waals surface area (Å²) in [5, 5.41) is 0.959. The monoisotopic (exact) mass is 387 g/mol. The highest BCUT2D eigenvalue weighted by atomic mass is 79.9. The zero-order valence-electron chi connectivity index (χ0n) is 10.9. The molecule has 0 bridgehead atoms. The molecule has 0 fully saturated rings. The Morgan fingerprint density at radius 2 is 2.00 bits per heavy atom. The van der Waals surface area contributed by atoms with E-state index in [1.165, 1.54) is 0 Å². The zero-order valence-corrected chi connectivity index (χ0v) is 14.0. The van der Waals surface area contributed by atoms with Crippen LogP contribution >= 0.6 is 39.1 Å². The van der Waals surface area contributed by atoms with E-state index in [1.54, 1.807) is 23.2 Å². The number of halogens is 3. The summed E-state index contributed by atoms with van der Waals surface area (Å²) < 4.78 is 0.861. The lowest BCUT2D eigenvalue weighted by Gasteiger charge is -2.22. The van der Waals surface area contributed by atoms with Crippen molar-refractivity contribution in [2.24, 2.45) is 5.73 Å². The van der Waals surface area contributed by atoms with Crippen LogP contribution in [0.1, 0.15) is 5.56 Å². The van der Waals surface area contributed by atoms with Crippen molar-refractivity contribution >= 4 is 50.9 Å². The Balaban J connectivity index is 2.25. The van der Waals surface area contributed by atoms with Gasteiger partial charge in [-0.2, -0.15) is 0 Å². The molecular formula is C14H12BrCl2N3O. The lowest BCUT2D eigenvalue weighted by atomic mass is 10.2. The van der Waals surface area contributed by atoms with Crippen molar-refractivity contribution < 1.29 is 4.79 Å². The smallest absolute Gasteiger partial charge is 0.237 e. The minimum absolute atomic E-state index is 0.0644. The molecule has 21 heavy (non-hydrogen) atoms. The average molecular weight is 389 g/mol. The van der Waals surface area contributed by atoms with E-state index in [1.807, 2.05) is 18.2 Å². The maximum atomic E-state index is 11.3. The fraction of sp³-hybridized carbons (Fsp3) is 0.143. The lowest BCUT2D eigenvalue weighted by molar-refractivity contribution is -0.116. The molecule has 2 aromatic rings. The van der Waals surface area contributed by atoms with Crippen LogP contribution in [0.5, 0.6) is 0 Å². The molecule has 0 atom stereocenters. The average Bonchev–Trinajstić information content (AvgIpc) is 2.42. The van der Waals surface area contributed by atoms with Gasteiger partial charge in [-0.25, -0.2) is 4.98 Å². The number of rotatable bonds is 5. The number of anilines is 1. The third-order valence-corrected chi connectivity index (χ3v) is 3.95. The number of amides is 1. The number of hydrogen-bond acceptors (Lipinski definition) is 3. The SMILES string of the molecule is NC(=O)CN(Cc1ccc(Cl)c(Cl)c1)c1ccc(Br)cn1. The van der Waals surface area contributed by atoms with Crippen LogP contribution in [-0.2, 0) is 11.3 Å². The van der Waals surface area contributed by atoms with Crippen LogP contribution in [0, 0.1) is 0 Å². The van der Waals surface area contributed by atoms with Crippen LogP contribution in [0.4, 0.5) is 5.82 Å². The summed E-state index contributed by atoms with van der Waals surface area (Å²) in [6.45, 7) is 0.517. The van der Waals surface area contributed by atoms with Gasteiger partial charge in [-0.15, -0.1) is 0 Å². The molecule has 4 nitrogen and oxygen atoms in total. The Bertz CT molecular complexity index is 649. The summed E-state index contributed by atoms with van der Waals surface area (Å²) in [7, 11) is 0. The maximum absolute atomic E-state index is 11.3. The number of hydrogen-bond donors (Lipinski definition) is 1. The third-order valence-electron chi connectivity index (χ3n) is 2.74. The second-order valence-electron chi connectivity index (χ2n) is 4.41. The summed E-state index contributed by atoms with van der Waals surface area (Å²) in [6, 6.07) is 8.99. The van der Waals surface area contributed by atoms with Gasteiger partial charge in [0.2, 0.25) is 5.91 Å². The molecule has 7 heteroatoms. The normalized spacial score (nSPS) is 10.4. The largest absolute Gasteiger partial charge is 0.368 e. The van der Waals surface area contributed by atoms with Crippen LogP contribution < -0.4 is 10.6 Å². The minimum Gasteiger partial charge on any atom is -0.368 e. The van der Waals surface area contributed by atoms with Gasteiger partial charge in [0.05, 0.1) is 16.6 Å². The van der Waals surface area contributed by atoms with Gasteiger partial charge < -0.3 is 10.6 Å². The molecule has 0 aliphatic heterocycles. The van der Waals surface area contributed by atoms with E-state index >= 15 is 0 Å². The highest BCUT2D eigenvalue weighted by Crippen LogP contribution is 2.24. The number of aromatic nitrogens is 1. The number of nitrogens with zero attached hydrogens (tertiary/aromatic N) is 2. The Morgan fingerprint density at radius 3 is 2.57 bits per heavy atom. The van der Waals surface area contributed by atoms with Gasteiger partial charge in [0.25, 0.3) is 0 Å². The fourth-order valence-corrected chi connectivity index (χ4v) is 2.37. The quantitative estimate of drug-likeness (QED) is 0.850. The van der Waals surface area contributed by atoms with E-state index in [4.69, 9.17) is 28.9 Å². The molecule has 0 aliphatic carbocycles. The molecule has 0 radical (unpaired) electrons. The second kappa shape index (κ2) is 7.11. The van der Waals surface area contributed by atoms with Gasteiger partial charge in [-0.1, -0.05) is 29.3 Å². The number of nitrogens with two attached hydrogens (primary N) is 1. The molecule has 2 rings (SSSR count). The molecule has 0 aliphatic rings. The highest BCUT2D eigenvalue weighted by Gasteiger charge is 2.12. The minimum atomic E-state index is -0.431. The molecule has 110 valence electrons. The van der Waals surface area contributed by atoms with Crippen LogP contribution in [0.3, 0.4) is 0 Å². The van der Waals surface area contributed by atoms with E-state index in [2.05, 4.69) is 20.9 Å². The highest BCUT2D eigenvalue weighted by molar-refractivity contribution is 9.10. The number of carbonyl (C=O) groups is 1. The van der Waals surface area contributed by atoms with Crippen molar-refractivity contribution in [3.05, 3.63) is 56.6 Å². The summed E-state index contributed by atoms with van der Waals surface area (Å²) >= 11 is 15.2. The molecule has 1 heterocycles. The van der Waals surface area contributed by atoms with Gasteiger partial charge >= 0.3 is 0 Å². The molecular weight excluding hydrogens is 377 g/mol. The summed E-state index contributed by atoms with van der Waals surface area (Å²) in [4.78, 5) is 17.3. The standard InChI is InChI=1S/C14H12BrCl2N3O/c15-10-2-4-14(19-6-10)20(8-13(18)21)7-9-1-3-11(16)12(17)5-9/h1-6H,7-8H2,(H2,18,21). The van der Waals surface area contributed by atoms with Crippen molar-refractivity contribution in [1.82, 2.24) is 4.98 Å². The number of carbonyl (C=O) groups excluding carboxylic acids is 1. The molecule has 0 spiro atoms. The topological polar surface area (TPSA) is 59.2 Å². The maximum Gasteiger partial charge on any atom is 0.237 e. The molecule has 1 aromatic carbocycles. The van der Waals surface area contributed by atoms with Crippen LogP contribution in [0.15, 0.2) is 41.0 Å². The van der Waals surface area contributed by atoms with E-state index < -0.39 is 5.91 Å². The van der Waals surface area contributed by atoms with E-state index in [0.29, 0.717) is 22.4 Å². The Labute approximate surface area is 141 Å². The van der Waals surface area contributed by atoms with Gasteiger partial charge in [-0.05, 0) is 45.8 Å². The molecule has 0 saturated heterocycles. The number of benzene rings is 1. The predicted molar refractivity (Wildman–Crippen MR) is 88.6 cm³/mol. The lowest BCUT2D eigenvalue weighted by Crippen LogP contribution is -2.33. The molecule has 0 saturated carbocycles. The Hall–Kier alpha value is -1.30. The van der Waals surface area contributed by atoms with Crippen LogP contribution in [0.25, 0.3) is 0 Å². The van der Waals surface area contributed by atoms with Crippen molar-refractivity contribution in [1.29, 1.82) is 0 Å². The van der Waals surface area contributed by atoms with E-state index in [9.17, 15) is 4.79 Å². The van der Waals surface area contributed by atoms with E-state index in [-0.39, 0.29) is 6.54 Å². The first kappa shape index (κ1) is 16.1. The number of pyridine rings is 1. The van der Waals surface area contributed by atoms with Gasteiger partial charge in [0, 0.05) is 17.2 Å². The van der Waals surface area contributed by atoms with Crippen LogP contribution in [-0.4, -0.2) is 17.4 Å². The third kappa shape index (κ3) is 4.59. The molecule has 1 aromatic heterocycles. The molecule has 1 amide bonds. The predicted octanol–water partition coefficient (Wildman–Crippen LogP) is 3.64. The first-order valence-electron chi connectivity index (χ1n) is 6.04. The van der Waals surface area contributed by atoms with Crippen LogP contribution in [0.2, 0.25) is 10.0 Å². The van der Waals surface area contributed by atoms with Gasteiger partial charge in [0.15, 0.2) is 0 Å². The summed E-state index contributed by atoms with van der Waals surface area (Å²) in [5.74, 6) is 0.225. The second-order valence-corrected chi connectivity index (χ2v) is 6.14. The van der Waals surface area contributed by atoms with Crippen molar-refractivity contribution in [3.8, 4) is 0 Å². The Morgan fingerprint density at radius 1 is 1.24 bits per heavy atom. The van der Waals surface area contributed by atoms with Crippen molar-refractivity contribution in [2.45, 2.75) is 6.54 Å². The first-order valence-corrected chi connectivity index (χ1v) is 7.59. The van der Waals surface area contributed by atoms with Crippen molar-refractivity contribution in [3.63, 3.8) is 0 Å². The first-order chi connectivity index (χ1) is 9.95. The summed E-state index contributed by atoms with van der Waals surface area (Å²) in [5.41, 5.74) is 6.22. The molecule has 0 unspecified atom stereocenters. The van der Waals surface area contributed by atoms with E-state index in [0.717, 1.165) is 10.0 Å². The van der Waals surface area contributed by atoms with Gasteiger partial charge in [0.1, 0.15) is 5.82 Å². The fourth-order valence-electron chi connectivity index (χ4n) is 1.82. The Kier molecular flexibility index (Phi) is 5.45. The number of primary amides is 1. The summed E-state index contributed by atoms with van der Waals surface area (Å²) in [6.07, 6.45) is 1.66. The van der Waals surface area contributed by atoms with Crippen molar-refractivity contribution in [2.75, 3.05) is 11.4 Å². The zero-order chi connectivity index (χ0) is 15.4. The van der Waals surface area contributed by atoms with Gasteiger partial charge in [-0.3, -0.25) is 4.79 Å².